The van der Waals surface area contributed by atoms with E-state index >= 15 is 0 Å². The third kappa shape index (κ3) is 3.90. The number of nitrogens with zero attached hydrogens (tertiary/aromatic N) is 5. The van der Waals surface area contributed by atoms with Crippen LogP contribution in [0.5, 0.6) is 0 Å². The summed E-state index contributed by atoms with van der Waals surface area (Å²) in [5.74, 6) is -1.02. The molecule has 11 nitrogen and oxygen atoms in total. The molecule has 0 radical (unpaired) electrons. The molecule has 0 saturated heterocycles. The van der Waals surface area contributed by atoms with Crippen molar-refractivity contribution < 1.29 is 19.2 Å². The number of hydrogen-bond acceptors (Lipinski definition) is 7. The van der Waals surface area contributed by atoms with Crippen LogP contribution in [0.4, 0.5) is 11.5 Å². The summed E-state index contributed by atoms with van der Waals surface area (Å²) in [6.45, 7) is 4.89. The third-order valence-electron chi connectivity index (χ3n) is 4.47. The van der Waals surface area contributed by atoms with Gasteiger partial charge in [-0.05, 0) is 32.9 Å². The van der Waals surface area contributed by atoms with Crippen molar-refractivity contribution in [2.24, 2.45) is 0 Å². The van der Waals surface area contributed by atoms with Gasteiger partial charge >= 0.3 is 11.7 Å². The maximum absolute atomic E-state index is 12.9. The number of esters is 1. The SMILES string of the molecule is CCOC(=O)c1cnn(-c2ccccc2)c1NC(=O)C(C)n1ncc([N+](=O)[O-])c1C. The highest BCUT2D eigenvalue weighted by molar-refractivity contribution is 6.01. The zero-order chi connectivity index (χ0) is 21.8. The fourth-order valence-corrected chi connectivity index (χ4v) is 2.91. The van der Waals surface area contributed by atoms with Crippen LogP contribution in [0.3, 0.4) is 0 Å². The Morgan fingerprint density at radius 2 is 1.93 bits per heavy atom. The highest BCUT2D eigenvalue weighted by Gasteiger charge is 2.27. The molecule has 2 heterocycles. The highest BCUT2D eigenvalue weighted by Crippen LogP contribution is 2.24. The Balaban J connectivity index is 1.96. The summed E-state index contributed by atoms with van der Waals surface area (Å²) in [6.07, 6.45) is 2.41. The largest absolute Gasteiger partial charge is 0.462 e. The monoisotopic (exact) mass is 412 g/mol. The fraction of sp³-hybridized carbons (Fsp3) is 0.263. The maximum atomic E-state index is 12.9. The van der Waals surface area contributed by atoms with Crippen molar-refractivity contribution in [2.75, 3.05) is 11.9 Å². The zero-order valence-corrected chi connectivity index (χ0v) is 16.6. The molecule has 0 spiro atoms. The predicted molar refractivity (Wildman–Crippen MR) is 106 cm³/mol. The van der Waals surface area contributed by atoms with E-state index in [-0.39, 0.29) is 29.4 Å². The van der Waals surface area contributed by atoms with Crippen LogP contribution in [0.2, 0.25) is 0 Å². The Hall–Kier alpha value is -4.02. The summed E-state index contributed by atoms with van der Waals surface area (Å²) < 4.78 is 7.72. The molecule has 2 aromatic heterocycles. The van der Waals surface area contributed by atoms with Gasteiger partial charge in [-0.1, -0.05) is 18.2 Å². The second-order valence-electron chi connectivity index (χ2n) is 6.36. The van der Waals surface area contributed by atoms with Crippen LogP contribution in [-0.2, 0) is 9.53 Å². The normalized spacial score (nSPS) is 11.7. The van der Waals surface area contributed by atoms with Crippen LogP contribution in [0, 0.1) is 17.0 Å². The molecule has 156 valence electrons. The Kier molecular flexibility index (Phi) is 5.90. The Bertz CT molecular complexity index is 1090. The van der Waals surface area contributed by atoms with Crippen LogP contribution in [0.15, 0.2) is 42.7 Å². The Morgan fingerprint density at radius 3 is 2.53 bits per heavy atom. The van der Waals surface area contributed by atoms with Crippen LogP contribution < -0.4 is 5.32 Å². The van der Waals surface area contributed by atoms with Gasteiger partial charge in [0.05, 0.1) is 23.4 Å². The minimum absolute atomic E-state index is 0.0874. The number of amides is 1. The van der Waals surface area contributed by atoms with E-state index in [1.54, 1.807) is 38.1 Å². The lowest BCUT2D eigenvalue weighted by Gasteiger charge is -2.16. The number of hydrogen-bond donors (Lipinski definition) is 1. The van der Waals surface area contributed by atoms with E-state index in [1.165, 1.54) is 22.5 Å². The summed E-state index contributed by atoms with van der Waals surface area (Å²) in [5.41, 5.74) is 0.771. The zero-order valence-electron chi connectivity index (χ0n) is 16.6. The molecule has 1 aromatic carbocycles. The van der Waals surface area contributed by atoms with Crippen LogP contribution in [-0.4, -0.2) is 43.0 Å². The van der Waals surface area contributed by atoms with E-state index in [1.807, 2.05) is 6.07 Å². The summed E-state index contributed by atoms with van der Waals surface area (Å²) in [6, 6.07) is 8.06. The first-order valence-electron chi connectivity index (χ1n) is 9.15. The van der Waals surface area contributed by atoms with Crippen molar-refractivity contribution >= 4 is 23.4 Å². The van der Waals surface area contributed by atoms with Gasteiger partial charge in [0.1, 0.15) is 23.5 Å². The first kappa shape index (κ1) is 20.7. The molecule has 30 heavy (non-hydrogen) atoms. The summed E-state index contributed by atoms with van der Waals surface area (Å²) >= 11 is 0. The molecule has 0 fully saturated rings. The first-order valence-corrected chi connectivity index (χ1v) is 9.15. The van der Waals surface area contributed by atoms with E-state index in [0.29, 0.717) is 5.69 Å². The van der Waals surface area contributed by atoms with Gasteiger partial charge in [0.15, 0.2) is 5.82 Å². The molecule has 1 N–H and O–H groups in total. The lowest BCUT2D eigenvalue weighted by Crippen LogP contribution is -2.27. The van der Waals surface area contributed by atoms with Crippen molar-refractivity contribution in [3.63, 3.8) is 0 Å². The van der Waals surface area contributed by atoms with Gasteiger partial charge in [0, 0.05) is 0 Å². The lowest BCUT2D eigenvalue weighted by atomic mass is 10.2. The summed E-state index contributed by atoms with van der Waals surface area (Å²) in [5, 5.41) is 21.9. The molecule has 1 amide bonds. The second-order valence-corrected chi connectivity index (χ2v) is 6.36. The second kappa shape index (κ2) is 8.55. The van der Waals surface area contributed by atoms with Crippen LogP contribution in [0.1, 0.15) is 35.9 Å². The molecule has 0 aliphatic rings. The molecule has 0 bridgehead atoms. The lowest BCUT2D eigenvalue weighted by molar-refractivity contribution is -0.385. The number of nitrogens with one attached hydrogen (secondary N) is 1. The number of ether oxygens (including phenoxy) is 1. The number of anilines is 1. The topological polar surface area (TPSA) is 134 Å². The van der Waals surface area contributed by atoms with Crippen molar-refractivity contribution in [3.05, 3.63) is 64.1 Å². The number of carbonyl (C=O) groups excluding carboxylic acids is 2. The van der Waals surface area contributed by atoms with Crippen LogP contribution >= 0.6 is 0 Å². The van der Waals surface area contributed by atoms with Gasteiger partial charge < -0.3 is 10.1 Å². The molecular weight excluding hydrogens is 392 g/mol. The number of aromatic nitrogens is 4. The minimum atomic E-state index is -0.882. The molecule has 11 heteroatoms. The van der Waals surface area contributed by atoms with Gasteiger partial charge in [-0.15, -0.1) is 0 Å². The van der Waals surface area contributed by atoms with E-state index in [2.05, 4.69) is 15.5 Å². The van der Waals surface area contributed by atoms with E-state index in [0.717, 1.165) is 6.20 Å². The average Bonchev–Trinajstić information content (AvgIpc) is 3.32. The van der Waals surface area contributed by atoms with E-state index in [4.69, 9.17) is 4.74 Å². The van der Waals surface area contributed by atoms with Gasteiger partial charge in [-0.25, -0.2) is 9.48 Å². The Labute approximate surface area is 171 Å². The van der Waals surface area contributed by atoms with Crippen molar-refractivity contribution in [3.8, 4) is 5.69 Å². The molecule has 3 rings (SSSR count). The number of benzene rings is 1. The number of para-hydroxylation sites is 1. The fourth-order valence-electron chi connectivity index (χ4n) is 2.91. The summed E-state index contributed by atoms with van der Waals surface area (Å²) in [7, 11) is 0. The van der Waals surface area contributed by atoms with E-state index < -0.39 is 22.8 Å². The van der Waals surface area contributed by atoms with Crippen molar-refractivity contribution in [1.29, 1.82) is 0 Å². The number of nitro groups is 1. The van der Waals surface area contributed by atoms with Gasteiger partial charge in [-0.2, -0.15) is 10.2 Å². The molecule has 0 saturated carbocycles. The molecule has 1 unspecified atom stereocenters. The quantitative estimate of drug-likeness (QED) is 0.358. The highest BCUT2D eigenvalue weighted by atomic mass is 16.6. The molecule has 0 aliphatic carbocycles. The van der Waals surface area contributed by atoms with E-state index in [9.17, 15) is 19.7 Å². The minimum Gasteiger partial charge on any atom is -0.462 e. The third-order valence-corrected chi connectivity index (χ3v) is 4.47. The molecule has 0 aliphatic heterocycles. The Morgan fingerprint density at radius 1 is 1.23 bits per heavy atom. The maximum Gasteiger partial charge on any atom is 0.343 e. The van der Waals surface area contributed by atoms with Crippen molar-refractivity contribution in [2.45, 2.75) is 26.8 Å². The predicted octanol–water partition coefficient (Wildman–Crippen LogP) is 2.66. The number of carbonyl (C=O) groups is 2. The first-order chi connectivity index (χ1) is 14.3. The average molecular weight is 412 g/mol. The standard InChI is InChI=1S/C19H20N6O5/c1-4-30-19(27)15-10-20-24(14-8-6-5-7-9-14)17(15)22-18(26)13(3)23-12(2)16(11-21-23)25(28)29/h5-11,13H,4H2,1-3H3,(H,22,26). The number of rotatable bonds is 7. The summed E-state index contributed by atoms with van der Waals surface area (Å²) in [4.78, 5) is 35.8. The van der Waals surface area contributed by atoms with Crippen molar-refractivity contribution in [1.82, 2.24) is 19.6 Å². The molecule has 1 atom stereocenters. The van der Waals surface area contributed by atoms with Gasteiger partial charge in [0.25, 0.3) is 0 Å². The van der Waals surface area contributed by atoms with Gasteiger partial charge in [-0.3, -0.25) is 19.6 Å². The van der Waals surface area contributed by atoms with Crippen LogP contribution in [0.25, 0.3) is 5.69 Å². The molecular formula is C19H20N6O5. The molecule has 3 aromatic rings. The smallest absolute Gasteiger partial charge is 0.343 e. The van der Waals surface area contributed by atoms with Gasteiger partial charge in [0.2, 0.25) is 5.91 Å².